The molecule has 30 heavy (non-hydrogen) atoms. The smallest absolute Gasteiger partial charge is 0.240 e. The average Bonchev–Trinajstić information content (AvgIpc) is 3.10. The molecule has 1 atom stereocenters. The van der Waals surface area contributed by atoms with E-state index in [1.165, 1.54) is 29.4 Å². The highest BCUT2D eigenvalue weighted by Crippen LogP contribution is 2.31. The highest BCUT2D eigenvalue weighted by atomic mass is 32.2. The molecule has 0 amide bonds. The molecule has 8 heteroatoms. The van der Waals surface area contributed by atoms with E-state index in [1.807, 2.05) is 0 Å². The summed E-state index contributed by atoms with van der Waals surface area (Å²) in [6.45, 7) is 4.89. The second-order valence-corrected chi connectivity index (χ2v) is 9.99. The molecule has 1 fully saturated rings. The SMILES string of the molecule is CN1CCN(C(CNS(=O)(=O)c2cccc(F)c2)c2ccc3c(c2)CCN3C)CC1. The largest absolute Gasteiger partial charge is 0.374 e. The van der Waals surface area contributed by atoms with Gasteiger partial charge in [-0.1, -0.05) is 18.2 Å². The van der Waals surface area contributed by atoms with Gasteiger partial charge in [0.1, 0.15) is 5.82 Å². The first-order chi connectivity index (χ1) is 14.3. The minimum absolute atomic E-state index is 0.0461. The predicted molar refractivity (Wildman–Crippen MR) is 117 cm³/mol. The van der Waals surface area contributed by atoms with Crippen LogP contribution in [0.4, 0.5) is 10.1 Å². The van der Waals surface area contributed by atoms with Gasteiger partial charge < -0.3 is 9.80 Å². The molecule has 2 aliphatic heterocycles. The minimum Gasteiger partial charge on any atom is -0.374 e. The normalized spacial score (nSPS) is 19.1. The first kappa shape index (κ1) is 21.2. The van der Waals surface area contributed by atoms with Crippen LogP contribution < -0.4 is 9.62 Å². The van der Waals surface area contributed by atoms with Gasteiger partial charge in [0.15, 0.2) is 0 Å². The van der Waals surface area contributed by atoms with Crippen LogP contribution in [-0.2, 0) is 16.4 Å². The van der Waals surface area contributed by atoms with Gasteiger partial charge in [0.05, 0.1) is 4.90 Å². The Labute approximate surface area is 178 Å². The number of halogens is 1. The van der Waals surface area contributed by atoms with Crippen LogP contribution in [0.3, 0.4) is 0 Å². The molecule has 0 spiro atoms. The number of sulfonamides is 1. The quantitative estimate of drug-likeness (QED) is 0.758. The number of piperazine rings is 1. The van der Waals surface area contributed by atoms with Crippen LogP contribution in [0.2, 0.25) is 0 Å². The molecule has 162 valence electrons. The Bertz CT molecular complexity index is 1010. The fraction of sp³-hybridized carbons (Fsp3) is 0.455. The number of fused-ring (bicyclic) bond motifs is 1. The van der Waals surface area contributed by atoms with Gasteiger partial charge in [-0.2, -0.15) is 0 Å². The topological polar surface area (TPSA) is 55.9 Å². The van der Waals surface area contributed by atoms with Crippen molar-refractivity contribution in [3.8, 4) is 0 Å². The predicted octanol–water partition coefficient (Wildman–Crippen LogP) is 2.08. The van der Waals surface area contributed by atoms with Gasteiger partial charge in [0.25, 0.3) is 0 Å². The number of nitrogens with zero attached hydrogens (tertiary/aromatic N) is 3. The van der Waals surface area contributed by atoms with Crippen LogP contribution in [0.1, 0.15) is 17.2 Å². The summed E-state index contributed by atoms with van der Waals surface area (Å²) in [6, 6.07) is 11.5. The molecular weight excluding hydrogens is 403 g/mol. The molecule has 0 radical (unpaired) electrons. The molecule has 2 aromatic rings. The van der Waals surface area contributed by atoms with Gasteiger partial charge in [0, 0.05) is 58.0 Å². The van der Waals surface area contributed by atoms with E-state index in [9.17, 15) is 12.8 Å². The molecule has 0 bridgehead atoms. The second kappa shape index (κ2) is 8.63. The summed E-state index contributed by atoms with van der Waals surface area (Å²) < 4.78 is 41.8. The highest BCUT2D eigenvalue weighted by molar-refractivity contribution is 7.89. The summed E-state index contributed by atoms with van der Waals surface area (Å²) >= 11 is 0. The van der Waals surface area contributed by atoms with Gasteiger partial charge >= 0.3 is 0 Å². The van der Waals surface area contributed by atoms with Gasteiger partial charge in [-0.05, 0) is 48.9 Å². The van der Waals surface area contributed by atoms with Crippen molar-refractivity contribution in [1.29, 1.82) is 0 Å². The standard InChI is InChI=1S/C22H29FN4O2S/c1-25-10-12-27(13-11-25)22(17-6-7-21-18(14-17)8-9-26(21)2)16-24-30(28,29)20-5-3-4-19(23)15-20/h3-7,14-15,22,24H,8-13,16H2,1-2H3. The van der Waals surface area contributed by atoms with Crippen LogP contribution in [0.5, 0.6) is 0 Å². The van der Waals surface area contributed by atoms with Crippen LogP contribution in [0.25, 0.3) is 0 Å². The van der Waals surface area contributed by atoms with Crippen molar-refractivity contribution in [3.05, 3.63) is 59.4 Å². The van der Waals surface area contributed by atoms with Gasteiger partial charge in [-0.3, -0.25) is 4.90 Å². The van der Waals surface area contributed by atoms with Crippen molar-refractivity contribution < 1.29 is 12.8 Å². The van der Waals surface area contributed by atoms with Crippen molar-refractivity contribution in [1.82, 2.24) is 14.5 Å². The van der Waals surface area contributed by atoms with Crippen LogP contribution in [0, 0.1) is 5.82 Å². The van der Waals surface area contributed by atoms with E-state index in [-0.39, 0.29) is 17.5 Å². The Morgan fingerprint density at radius 2 is 1.80 bits per heavy atom. The Balaban J connectivity index is 1.58. The number of benzene rings is 2. The third-order valence-corrected chi connectivity index (χ3v) is 7.59. The van der Waals surface area contributed by atoms with Crippen molar-refractivity contribution in [2.24, 2.45) is 0 Å². The number of hydrogen-bond acceptors (Lipinski definition) is 5. The molecule has 6 nitrogen and oxygen atoms in total. The fourth-order valence-electron chi connectivity index (χ4n) is 4.29. The Morgan fingerprint density at radius 1 is 1.03 bits per heavy atom. The maximum absolute atomic E-state index is 13.5. The summed E-state index contributed by atoms with van der Waals surface area (Å²) in [5.41, 5.74) is 3.67. The van der Waals surface area contributed by atoms with Crippen molar-refractivity contribution >= 4 is 15.7 Å². The molecule has 1 saturated heterocycles. The molecule has 1 N–H and O–H groups in total. The average molecular weight is 433 g/mol. The fourth-order valence-corrected chi connectivity index (χ4v) is 5.36. The number of rotatable bonds is 6. The third-order valence-electron chi connectivity index (χ3n) is 6.17. The lowest BCUT2D eigenvalue weighted by atomic mass is 10.0. The number of nitrogens with one attached hydrogen (secondary N) is 1. The Morgan fingerprint density at radius 3 is 2.53 bits per heavy atom. The van der Waals surface area contributed by atoms with Crippen molar-refractivity contribution in [3.63, 3.8) is 0 Å². The minimum atomic E-state index is -3.79. The summed E-state index contributed by atoms with van der Waals surface area (Å²) in [5, 5.41) is 0. The lowest BCUT2D eigenvalue weighted by Gasteiger charge is -2.38. The maximum atomic E-state index is 13.5. The Hall–Kier alpha value is -2.00. The zero-order chi connectivity index (χ0) is 21.3. The van der Waals surface area contributed by atoms with Gasteiger partial charge in [-0.15, -0.1) is 0 Å². The zero-order valence-corrected chi connectivity index (χ0v) is 18.3. The van der Waals surface area contributed by atoms with E-state index in [4.69, 9.17) is 0 Å². The third kappa shape index (κ3) is 4.51. The van der Waals surface area contributed by atoms with Crippen molar-refractivity contribution in [2.45, 2.75) is 17.4 Å². The maximum Gasteiger partial charge on any atom is 0.240 e. The number of anilines is 1. The number of likely N-dealkylation sites (N-methyl/N-ethyl adjacent to an activating group) is 2. The monoisotopic (exact) mass is 432 g/mol. The summed E-state index contributed by atoms with van der Waals surface area (Å²) in [7, 11) is 0.404. The molecular formula is C22H29FN4O2S. The van der Waals surface area contributed by atoms with Crippen LogP contribution in [0.15, 0.2) is 47.4 Å². The highest BCUT2D eigenvalue weighted by Gasteiger charge is 2.27. The summed E-state index contributed by atoms with van der Waals surface area (Å²) in [5.74, 6) is -0.559. The molecule has 1 unspecified atom stereocenters. The molecule has 2 aromatic carbocycles. The lowest BCUT2D eigenvalue weighted by molar-refractivity contribution is 0.113. The zero-order valence-electron chi connectivity index (χ0n) is 17.5. The second-order valence-electron chi connectivity index (χ2n) is 8.22. The first-order valence-corrected chi connectivity index (χ1v) is 11.8. The van der Waals surface area contributed by atoms with Crippen molar-refractivity contribution in [2.75, 3.05) is 58.3 Å². The molecule has 2 heterocycles. The molecule has 2 aliphatic rings. The summed E-state index contributed by atoms with van der Waals surface area (Å²) in [4.78, 5) is 6.82. The lowest BCUT2D eigenvalue weighted by Crippen LogP contribution is -2.48. The van der Waals surface area contributed by atoms with Crippen LogP contribution >= 0.6 is 0 Å². The van der Waals surface area contributed by atoms with E-state index in [2.05, 4.69) is 51.7 Å². The van der Waals surface area contributed by atoms with E-state index in [1.54, 1.807) is 0 Å². The molecule has 0 aliphatic carbocycles. The molecule has 4 rings (SSSR count). The van der Waals surface area contributed by atoms with E-state index in [0.717, 1.165) is 50.8 Å². The Kier molecular flexibility index (Phi) is 6.11. The summed E-state index contributed by atoms with van der Waals surface area (Å²) in [6.07, 6.45) is 1.00. The van der Waals surface area contributed by atoms with Crippen LogP contribution in [-0.4, -0.2) is 71.6 Å². The number of hydrogen-bond donors (Lipinski definition) is 1. The van der Waals surface area contributed by atoms with Gasteiger partial charge in [-0.25, -0.2) is 17.5 Å². The van der Waals surface area contributed by atoms with Gasteiger partial charge in [0.2, 0.25) is 10.0 Å². The molecule has 0 aromatic heterocycles. The van der Waals surface area contributed by atoms with E-state index in [0.29, 0.717) is 0 Å². The first-order valence-electron chi connectivity index (χ1n) is 10.4. The van der Waals surface area contributed by atoms with E-state index < -0.39 is 15.8 Å². The van der Waals surface area contributed by atoms with E-state index >= 15 is 0 Å². The molecule has 0 saturated carbocycles.